The van der Waals surface area contributed by atoms with Crippen molar-refractivity contribution in [1.82, 2.24) is 24.4 Å². The molecule has 0 radical (unpaired) electrons. The summed E-state index contributed by atoms with van der Waals surface area (Å²) in [5, 5.41) is 20.4. The van der Waals surface area contributed by atoms with Gasteiger partial charge < -0.3 is 14.9 Å². The first-order valence-electron chi connectivity index (χ1n) is 12.2. The van der Waals surface area contributed by atoms with Crippen LogP contribution in [0.25, 0.3) is 28.0 Å². The monoisotopic (exact) mass is 497 g/mol. The fraction of sp³-hybridized carbons (Fsp3) is 0.296. The van der Waals surface area contributed by atoms with Crippen LogP contribution in [-0.2, 0) is 4.79 Å². The van der Waals surface area contributed by atoms with Gasteiger partial charge in [-0.1, -0.05) is 18.2 Å². The van der Waals surface area contributed by atoms with E-state index in [0.717, 1.165) is 0 Å². The van der Waals surface area contributed by atoms with Crippen LogP contribution in [0.15, 0.2) is 55.1 Å². The molecule has 1 N–H and O–H groups in total. The van der Waals surface area contributed by atoms with E-state index in [-0.39, 0.29) is 17.8 Å². The Balaban J connectivity index is 1.47. The van der Waals surface area contributed by atoms with Gasteiger partial charge in [-0.2, -0.15) is 5.26 Å². The van der Waals surface area contributed by atoms with Crippen LogP contribution in [0, 0.1) is 17.1 Å². The van der Waals surface area contributed by atoms with E-state index in [9.17, 15) is 15.2 Å². The lowest BCUT2D eigenvalue weighted by Gasteiger charge is -2.41. The molecular weight excluding hydrogens is 473 g/mol. The summed E-state index contributed by atoms with van der Waals surface area (Å²) >= 11 is 0. The average Bonchev–Trinajstić information content (AvgIpc) is 3.56. The Hall–Kier alpha value is -4.36. The number of nitrogens with zero attached hydrogens (tertiary/aromatic N) is 7. The van der Waals surface area contributed by atoms with Gasteiger partial charge in [-0.05, 0) is 38.0 Å². The average molecular weight is 498 g/mol. The summed E-state index contributed by atoms with van der Waals surface area (Å²) in [5.74, 6) is 0.519. The zero-order chi connectivity index (χ0) is 25.7. The third kappa shape index (κ3) is 3.88. The van der Waals surface area contributed by atoms with E-state index >= 15 is 4.39 Å². The Morgan fingerprint density at radius 3 is 2.70 bits per heavy atom. The van der Waals surface area contributed by atoms with Gasteiger partial charge in [0.25, 0.3) is 5.91 Å². The summed E-state index contributed by atoms with van der Waals surface area (Å²) in [4.78, 5) is 30.2. The van der Waals surface area contributed by atoms with Crippen LogP contribution in [0.1, 0.15) is 25.3 Å². The van der Waals surface area contributed by atoms with E-state index in [2.05, 4.69) is 25.9 Å². The number of anilines is 1. The number of aliphatic hydroxyl groups is 1. The highest BCUT2D eigenvalue weighted by molar-refractivity contribution is 6.02. The Bertz CT molecular complexity index is 1570. The maximum atomic E-state index is 15.0. The highest BCUT2D eigenvalue weighted by atomic mass is 19.1. The van der Waals surface area contributed by atoms with Crippen molar-refractivity contribution >= 4 is 22.8 Å². The zero-order valence-electron chi connectivity index (χ0n) is 20.2. The molecule has 1 aromatic carbocycles. The Morgan fingerprint density at radius 2 is 1.97 bits per heavy atom. The first-order chi connectivity index (χ1) is 17.9. The lowest BCUT2D eigenvalue weighted by molar-refractivity contribution is -0.145. The number of rotatable bonds is 4. The molecule has 3 aromatic heterocycles. The Kier molecular flexibility index (Phi) is 5.38. The molecule has 9 nitrogen and oxygen atoms in total. The quantitative estimate of drug-likeness (QED) is 0.461. The van der Waals surface area contributed by atoms with Crippen LogP contribution in [-0.4, -0.2) is 66.7 Å². The van der Waals surface area contributed by atoms with Crippen molar-refractivity contribution in [1.29, 1.82) is 5.26 Å². The molecule has 1 amide bonds. The summed E-state index contributed by atoms with van der Waals surface area (Å²) in [7, 11) is 0. The number of pyridine rings is 1. The number of halogens is 1. The van der Waals surface area contributed by atoms with Crippen molar-refractivity contribution in [2.45, 2.75) is 31.4 Å². The number of nitriles is 1. The van der Waals surface area contributed by atoms with Crippen molar-refractivity contribution in [2.75, 3.05) is 24.5 Å². The molecule has 2 fully saturated rings. The second kappa shape index (κ2) is 8.64. The van der Waals surface area contributed by atoms with Gasteiger partial charge in [0.15, 0.2) is 5.65 Å². The highest BCUT2D eigenvalue weighted by Crippen LogP contribution is 2.40. The van der Waals surface area contributed by atoms with Crippen LogP contribution in [0.3, 0.4) is 0 Å². The van der Waals surface area contributed by atoms with Crippen LogP contribution in [0.5, 0.6) is 0 Å². The number of fused-ring (bicyclic) bond motifs is 1. The molecule has 0 bridgehead atoms. The molecule has 10 heteroatoms. The molecule has 0 spiro atoms. The fourth-order valence-corrected chi connectivity index (χ4v) is 5.01. The minimum atomic E-state index is -1.21. The first-order valence-corrected chi connectivity index (χ1v) is 12.2. The van der Waals surface area contributed by atoms with E-state index in [1.54, 1.807) is 52.2 Å². The number of hydrogen-bond acceptors (Lipinski definition) is 7. The number of piperazine rings is 1. The molecule has 1 atom stereocenters. The predicted molar refractivity (Wildman–Crippen MR) is 134 cm³/mol. The summed E-state index contributed by atoms with van der Waals surface area (Å²) < 4.78 is 16.8. The normalized spacial score (nSPS) is 18.6. The molecule has 186 valence electrons. The first kappa shape index (κ1) is 23.1. The largest absolute Gasteiger partial charge is 0.380 e. The highest BCUT2D eigenvalue weighted by Gasteiger charge is 2.51. The van der Waals surface area contributed by atoms with Gasteiger partial charge in [0.2, 0.25) is 0 Å². The topological polar surface area (TPSA) is 111 Å². The number of carbonyl (C=O) groups is 1. The van der Waals surface area contributed by atoms with Crippen molar-refractivity contribution in [2.24, 2.45) is 0 Å². The van der Waals surface area contributed by atoms with Crippen LogP contribution in [0.2, 0.25) is 0 Å². The van der Waals surface area contributed by atoms with Gasteiger partial charge in [-0.25, -0.2) is 19.3 Å². The molecule has 6 rings (SSSR count). The number of benzene rings is 1. The smallest absolute Gasteiger partial charge is 0.254 e. The van der Waals surface area contributed by atoms with Crippen LogP contribution < -0.4 is 4.90 Å². The molecule has 1 aliphatic heterocycles. The van der Waals surface area contributed by atoms with Crippen molar-refractivity contribution < 1.29 is 14.3 Å². The van der Waals surface area contributed by atoms with Gasteiger partial charge >= 0.3 is 0 Å². The van der Waals surface area contributed by atoms with Crippen molar-refractivity contribution in [3.63, 3.8) is 0 Å². The van der Waals surface area contributed by atoms with Gasteiger partial charge in [-0.3, -0.25) is 9.36 Å². The SMILES string of the molecule is CC1CN(c2ncnc3c2c(-c2ccccc2F)cn3-c2cc(C#N)ccn2)CCN1C(=O)C1(O)CC1. The minimum Gasteiger partial charge on any atom is -0.380 e. The molecule has 2 aliphatic rings. The molecule has 1 saturated carbocycles. The molecular formula is C27H24FN7O2. The van der Waals surface area contributed by atoms with E-state index < -0.39 is 5.60 Å². The molecule has 1 saturated heterocycles. The third-order valence-corrected chi connectivity index (χ3v) is 7.16. The fourth-order valence-electron chi connectivity index (χ4n) is 5.01. The molecule has 37 heavy (non-hydrogen) atoms. The second-order valence-corrected chi connectivity index (χ2v) is 9.63. The number of amides is 1. The second-order valence-electron chi connectivity index (χ2n) is 9.63. The zero-order valence-corrected chi connectivity index (χ0v) is 20.2. The van der Waals surface area contributed by atoms with Gasteiger partial charge in [0, 0.05) is 49.2 Å². The summed E-state index contributed by atoms with van der Waals surface area (Å²) in [6, 6.07) is 11.8. The minimum absolute atomic E-state index is 0.149. The van der Waals surface area contributed by atoms with E-state index in [1.165, 1.54) is 12.4 Å². The predicted octanol–water partition coefficient (Wildman–Crippen LogP) is 3.06. The van der Waals surface area contributed by atoms with Crippen molar-refractivity contribution in [3.05, 3.63) is 66.5 Å². The number of hydrogen-bond donors (Lipinski definition) is 1. The van der Waals surface area contributed by atoms with Gasteiger partial charge in [0.1, 0.15) is 29.4 Å². The lowest BCUT2D eigenvalue weighted by atomic mass is 10.0. The number of aromatic nitrogens is 4. The van der Waals surface area contributed by atoms with Gasteiger partial charge in [-0.15, -0.1) is 0 Å². The van der Waals surface area contributed by atoms with Crippen molar-refractivity contribution in [3.8, 4) is 23.0 Å². The van der Waals surface area contributed by atoms with E-state index in [0.29, 0.717) is 71.8 Å². The van der Waals surface area contributed by atoms with E-state index in [4.69, 9.17) is 0 Å². The maximum Gasteiger partial charge on any atom is 0.254 e. The lowest BCUT2D eigenvalue weighted by Crippen LogP contribution is -2.57. The van der Waals surface area contributed by atoms with Crippen LogP contribution >= 0.6 is 0 Å². The molecule has 4 aromatic rings. The molecule has 1 aliphatic carbocycles. The Morgan fingerprint density at radius 1 is 1.16 bits per heavy atom. The Labute approximate surface area is 212 Å². The summed E-state index contributed by atoms with van der Waals surface area (Å²) in [6.45, 7) is 3.39. The third-order valence-electron chi connectivity index (χ3n) is 7.16. The summed E-state index contributed by atoms with van der Waals surface area (Å²) in [6.07, 6.45) is 5.80. The number of carbonyl (C=O) groups excluding carboxylic acids is 1. The maximum absolute atomic E-state index is 15.0. The molecule has 4 heterocycles. The standard InChI is InChI=1S/C27H24FN7O2/c1-17-14-33(10-11-34(17)26(36)27(37)7-8-27)24-23-20(19-4-2-3-5-21(19)28)15-35(25(23)32-16-31-24)22-12-18(13-29)6-9-30-22/h2-6,9,12,15-17,37H,7-8,10-11,14H2,1H3. The van der Waals surface area contributed by atoms with Crippen LogP contribution in [0.4, 0.5) is 10.2 Å². The summed E-state index contributed by atoms with van der Waals surface area (Å²) in [5.41, 5.74) is 0.770. The van der Waals surface area contributed by atoms with E-state index in [1.807, 2.05) is 6.92 Å². The molecule has 1 unspecified atom stereocenters. The van der Waals surface area contributed by atoms with Gasteiger partial charge in [0.05, 0.1) is 17.0 Å².